The Labute approximate surface area is 543 Å². The van der Waals surface area contributed by atoms with E-state index in [9.17, 15) is 19.4 Å². The van der Waals surface area contributed by atoms with Gasteiger partial charge in [0, 0.05) is 6.42 Å². The van der Waals surface area contributed by atoms with E-state index in [-0.39, 0.29) is 18.9 Å². The van der Waals surface area contributed by atoms with Crippen molar-refractivity contribution in [1.82, 2.24) is 5.32 Å². The molecule has 3 atom stereocenters. The van der Waals surface area contributed by atoms with E-state index in [2.05, 4.69) is 177 Å². The van der Waals surface area contributed by atoms with E-state index in [4.69, 9.17) is 9.05 Å². The number of amides is 1. The number of allylic oxidation sites excluding steroid dienone is 27. The molecule has 3 unspecified atom stereocenters. The zero-order valence-electron chi connectivity index (χ0n) is 57.1. The molecule has 0 heterocycles. The lowest BCUT2D eigenvalue weighted by atomic mass is 10.0. The predicted octanol–water partition coefficient (Wildman–Crippen LogP) is 22.5. The number of hydrogen-bond donors (Lipinski definition) is 2. The fraction of sp³-hybridized carbons (Fsp3) is 0.633. The molecule has 0 saturated heterocycles. The highest BCUT2D eigenvalue weighted by atomic mass is 31.2. The SMILES string of the molecule is CC/C=C\C/C=C\C/C=C\C/C=C\C/C=C\C/C=C\C/C=C\C/C=C\C/C=C\C/C=C\C/C=C\C/C=C\CCCCC(=O)NC(COP(=O)([O-])OCC[N+](C)(C)C)C(O)/C=C/CC/C=C/CCCCCCCCCCCCCCCCCCCCCCC. The highest BCUT2D eigenvalue weighted by Gasteiger charge is 2.23. The number of rotatable bonds is 63. The largest absolute Gasteiger partial charge is 0.756 e. The average molecular weight is 1240 g/mol. The van der Waals surface area contributed by atoms with Crippen LogP contribution >= 0.6 is 7.82 Å². The Morgan fingerprint density at radius 2 is 0.705 bits per heavy atom. The summed E-state index contributed by atoms with van der Waals surface area (Å²) in [6, 6.07) is -0.942. The summed E-state index contributed by atoms with van der Waals surface area (Å²) >= 11 is 0. The molecule has 0 aliphatic carbocycles. The first-order valence-corrected chi connectivity index (χ1v) is 37.0. The van der Waals surface area contributed by atoms with Crippen LogP contribution in [0, 0.1) is 0 Å². The van der Waals surface area contributed by atoms with Crippen LogP contribution in [0.15, 0.2) is 170 Å². The molecule has 0 aromatic carbocycles. The van der Waals surface area contributed by atoms with Crippen LogP contribution in [-0.4, -0.2) is 68.5 Å². The van der Waals surface area contributed by atoms with Crippen LogP contribution in [0.2, 0.25) is 0 Å². The van der Waals surface area contributed by atoms with Crippen molar-refractivity contribution in [3.63, 3.8) is 0 Å². The molecular formula is C79H133N2O6P. The van der Waals surface area contributed by atoms with Gasteiger partial charge in [-0.05, 0) is 122 Å². The molecule has 0 rings (SSSR count). The minimum Gasteiger partial charge on any atom is -0.756 e. The van der Waals surface area contributed by atoms with Crippen LogP contribution < -0.4 is 10.2 Å². The van der Waals surface area contributed by atoms with Gasteiger partial charge in [0.15, 0.2) is 0 Å². The molecular weight excluding hydrogens is 1100 g/mol. The molecule has 0 aliphatic rings. The standard InChI is InChI=1S/C79H133N2O6P/c1-6-8-10-12-14-16-18-20-22-24-26-28-30-32-34-35-36-37-38-39-40-41-42-43-44-45-47-49-51-53-55-57-59-61-63-65-67-69-71-73-79(83)80-77(76-87-88(84,85)86-75-74-81(3,4)5)78(82)72-70-68-66-64-62-60-58-56-54-52-50-48-46-33-31-29-27-25-23-21-19-17-15-13-11-9-7-2/h8,10,14,16,20,22,26,28,32,34,36-37,39-40,42-43,45,47,51,53,57,59,62-65,70,72,77-78,82H,6-7,9,11-13,15,17-19,21,23-25,27,29-31,33,35,38,41,44,46,48-50,52,54-56,58,60-61,66-69,71,73-76H2,1-5H3,(H-,80,83,84,85)/b10-8-,16-14-,22-20-,28-26-,34-32-,37-36-,40-39-,43-42-,47-45-,53-51-,59-57-,64-62+,65-63-,72-70+. The lowest BCUT2D eigenvalue weighted by Crippen LogP contribution is -2.45. The van der Waals surface area contributed by atoms with Crippen LogP contribution in [0.4, 0.5) is 0 Å². The second kappa shape index (κ2) is 67.3. The zero-order chi connectivity index (χ0) is 64.1. The third-order valence-corrected chi connectivity index (χ3v) is 15.9. The van der Waals surface area contributed by atoms with E-state index >= 15 is 0 Å². The number of nitrogens with zero attached hydrogens (tertiary/aromatic N) is 1. The quantitative estimate of drug-likeness (QED) is 0.0272. The lowest BCUT2D eigenvalue weighted by Gasteiger charge is -2.29. The highest BCUT2D eigenvalue weighted by molar-refractivity contribution is 7.45. The van der Waals surface area contributed by atoms with Gasteiger partial charge in [-0.25, -0.2) is 0 Å². The van der Waals surface area contributed by atoms with Crippen molar-refractivity contribution in [2.24, 2.45) is 0 Å². The number of phosphoric ester groups is 1. The van der Waals surface area contributed by atoms with E-state index in [1.807, 2.05) is 27.2 Å². The van der Waals surface area contributed by atoms with Gasteiger partial charge < -0.3 is 28.8 Å². The molecule has 0 radical (unpaired) electrons. The highest BCUT2D eigenvalue weighted by Crippen LogP contribution is 2.38. The minimum atomic E-state index is -4.64. The number of unbranched alkanes of at least 4 members (excludes halogenated alkanes) is 24. The van der Waals surface area contributed by atoms with Crippen molar-refractivity contribution in [1.29, 1.82) is 0 Å². The Hall–Kier alpha value is -4.14. The summed E-state index contributed by atoms with van der Waals surface area (Å²) in [6.45, 7) is 4.48. The van der Waals surface area contributed by atoms with Gasteiger partial charge in [-0.3, -0.25) is 9.36 Å². The number of phosphoric acid groups is 1. The normalized spacial score (nSPS) is 14.7. The second-order valence-electron chi connectivity index (χ2n) is 24.5. The fourth-order valence-corrected chi connectivity index (χ4v) is 10.2. The summed E-state index contributed by atoms with van der Waals surface area (Å²) in [7, 11) is 1.19. The van der Waals surface area contributed by atoms with Gasteiger partial charge in [0.25, 0.3) is 7.82 Å². The van der Waals surface area contributed by atoms with Crippen molar-refractivity contribution >= 4 is 13.7 Å². The van der Waals surface area contributed by atoms with Gasteiger partial charge in [-0.2, -0.15) is 0 Å². The molecule has 1 amide bonds. The monoisotopic (exact) mass is 1240 g/mol. The maximum Gasteiger partial charge on any atom is 0.268 e. The number of carbonyl (C=O) groups is 1. The average Bonchev–Trinajstić information content (AvgIpc) is 3.70. The summed E-state index contributed by atoms with van der Waals surface area (Å²) in [6.07, 6.45) is 106. The van der Waals surface area contributed by atoms with Crippen molar-refractivity contribution in [3.8, 4) is 0 Å². The topological polar surface area (TPSA) is 108 Å². The van der Waals surface area contributed by atoms with Crippen LogP contribution in [0.5, 0.6) is 0 Å². The molecule has 0 spiro atoms. The number of quaternary nitrogens is 1. The molecule has 0 fully saturated rings. The number of aliphatic hydroxyl groups excluding tert-OH is 1. The van der Waals surface area contributed by atoms with Crippen molar-refractivity contribution in [3.05, 3.63) is 170 Å². The van der Waals surface area contributed by atoms with Crippen molar-refractivity contribution < 1.29 is 32.9 Å². The lowest BCUT2D eigenvalue weighted by molar-refractivity contribution is -0.870. The Balaban J connectivity index is 4.27. The molecule has 0 saturated carbocycles. The van der Waals surface area contributed by atoms with Crippen LogP contribution in [0.3, 0.4) is 0 Å². The van der Waals surface area contributed by atoms with Crippen LogP contribution in [-0.2, 0) is 18.4 Å². The fourth-order valence-electron chi connectivity index (χ4n) is 9.45. The maximum absolute atomic E-state index is 13.0. The molecule has 0 aromatic heterocycles. The third-order valence-electron chi connectivity index (χ3n) is 14.9. The summed E-state index contributed by atoms with van der Waals surface area (Å²) in [4.78, 5) is 25.6. The summed E-state index contributed by atoms with van der Waals surface area (Å²) in [5.41, 5.74) is 0. The van der Waals surface area contributed by atoms with E-state index < -0.39 is 26.6 Å². The van der Waals surface area contributed by atoms with E-state index in [1.54, 1.807) is 6.08 Å². The second-order valence-corrected chi connectivity index (χ2v) is 25.9. The van der Waals surface area contributed by atoms with Crippen LogP contribution in [0.25, 0.3) is 0 Å². The van der Waals surface area contributed by atoms with Crippen LogP contribution in [0.1, 0.15) is 271 Å². The summed E-state index contributed by atoms with van der Waals surface area (Å²) in [5, 5.41) is 13.9. The Bertz CT molecular complexity index is 2040. The van der Waals surface area contributed by atoms with Gasteiger partial charge in [0.2, 0.25) is 5.91 Å². The summed E-state index contributed by atoms with van der Waals surface area (Å²) in [5.74, 6) is -0.254. The molecule has 8 nitrogen and oxygen atoms in total. The number of aliphatic hydroxyl groups is 1. The van der Waals surface area contributed by atoms with Gasteiger partial charge in [0.1, 0.15) is 13.2 Å². The van der Waals surface area contributed by atoms with Gasteiger partial charge in [-0.15, -0.1) is 0 Å². The third kappa shape index (κ3) is 69.3. The number of nitrogens with one attached hydrogen (secondary N) is 1. The number of carbonyl (C=O) groups excluding carboxylic acids is 1. The molecule has 500 valence electrons. The van der Waals surface area contributed by atoms with E-state index in [0.29, 0.717) is 17.4 Å². The summed E-state index contributed by atoms with van der Waals surface area (Å²) < 4.78 is 23.4. The van der Waals surface area contributed by atoms with Gasteiger partial charge >= 0.3 is 0 Å². The predicted molar refractivity (Wildman–Crippen MR) is 384 cm³/mol. The number of hydrogen-bond acceptors (Lipinski definition) is 6. The Kier molecular flexibility index (Phi) is 64.1. The molecule has 0 bridgehead atoms. The maximum atomic E-state index is 13.0. The molecule has 0 aliphatic heterocycles. The molecule has 9 heteroatoms. The number of likely N-dealkylation sites (N-methyl/N-ethyl adjacent to an activating group) is 1. The van der Waals surface area contributed by atoms with Crippen molar-refractivity contribution in [2.45, 2.75) is 283 Å². The first kappa shape index (κ1) is 83.9. The smallest absolute Gasteiger partial charge is 0.268 e. The van der Waals surface area contributed by atoms with E-state index in [0.717, 1.165) is 109 Å². The minimum absolute atomic E-state index is 0.0240. The first-order valence-electron chi connectivity index (χ1n) is 35.5. The molecule has 2 N–H and O–H groups in total. The van der Waals surface area contributed by atoms with E-state index in [1.165, 1.54) is 135 Å². The molecule has 88 heavy (non-hydrogen) atoms. The Morgan fingerprint density at radius 1 is 0.409 bits per heavy atom. The van der Waals surface area contributed by atoms with Gasteiger partial charge in [-0.1, -0.05) is 312 Å². The zero-order valence-corrected chi connectivity index (χ0v) is 58.0. The molecule has 0 aromatic rings. The van der Waals surface area contributed by atoms with Gasteiger partial charge in [0.05, 0.1) is 39.9 Å². The first-order chi connectivity index (χ1) is 43.0. The Morgan fingerprint density at radius 3 is 1.06 bits per heavy atom. The van der Waals surface area contributed by atoms with Crippen molar-refractivity contribution in [2.75, 3.05) is 40.9 Å².